The van der Waals surface area contributed by atoms with Crippen LogP contribution < -0.4 is 5.56 Å². The molecule has 0 spiro atoms. The number of rotatable bonds is 0. The summed E-state index contributed by atoms with van der Waals surface area (Å²) in [5, 5.41) is 10.7. The topological polar surface area (TPSA) is 63.6 Å². The smallest absolute Gasteiger partial charge is 0.265 e. The number of hydrogen-bond donors (Lipinski definition) is 1. The number of aryl methyl sites for hydroxylation is 1. The average molecular weight is 229 g/mol. The van der Waals surface area contributed by atoms with Crippen molar-refractivity contribution < 1.29 is 0 Å². The molecule has 2 aromatic rings. The summed E-state index contributed by atoms with van der Waals surface area (Å²) in [4.78, 5) is 11.1. The van der Waals surface area contributed by atoms with Crippen molar-refractivity contribution in [3.8, 4) is 0 Å². The van der Waals surface area contributed by atoms with E-state index in [1.165, 1.54) is 0 Å². The summed E-state index contributed by atoms with van der Waals surface area (Å²) in [7, 11) is 1.75. The van der Waals surface area contributed by atoms with Gasteiger partial charge >= 0.3 is 0 Å². The molecule has 62 valence electrons. The van der Waals surface area contributed by atoms with E-state index in [0.29, 0.717) is 5.52 Å². The van der Waals surface area contributed by atoms with E-state index in [2.05, 4.69) is 31.2 Å². The van der Waals surface area contributed by atoms with Crippen molar-refractivity contribution in [1.82, 2.24) is 20.0 Å². The van der Waals surface area contributed by atoms with Crippen molar-refractivity contribution in [2.45, 2.75) is 0 Å². The van der Waals surface area contributed by atoms with Crippen LogP contribution in [0.3, 0.4) is 0 Å². The SMILES string of the molecule is Cn1nc2c(=O)[nH]ncc2c1Br. The van der Waals surface area contributed by atoms with Crippen molar-refractivity contribution in [3.63, 3.8) is 0 Å². The number of aromatic nitrogens is 4. The highest BCUT2D eigenvalue weighted by atomic mass is 79.9. The van der Waals surface area contributed by atoms with Crippen LogP contribution in [0, 0.1) is 0 Å². The second-order valence-corrected chi connectivity index (χ2v) is 3.13. The monoisotopic (exact) mass is 228 g/mol. The molecule has 0 aliphatic rings. The van der Waals surface area contributed by atoms with Crippen LogP contribution in [0.4, 0.5) is 0 Å². The standard InChI is InChI=1S/C6H5BrN4O/c1-11-5(7)3-2-8-9-6(12)4(3)10-11/h2H,1H3,(H,9,12). The van der Waals surface area contributed by atoms with Crippen molar-refractivity contribution in [3.05, 3.63) is 21.2 Å². The Hall–Kier alpha value is -1.17. The first-order chi connectivity index (χ1) is 5.70. The van der Waals surface area contributed by atoms with Gasteiger partial charge in [-0.3, -0.25) is 9.48 Å². The molecule has 2 rings (SSSR count). The molecule has 0 unspecified atom stereocenters. The maximum Gasteiger partial charge on any atom is 0.292 e. The molecular weight excluding hydrogens is 224 g/mol. The summed E-state index contributed by atoms with van der Waals surface area (Å²) < 4.78 is 2.35. The highest BCUT2D eigenvalue weighted by molar-refractivity contribution is 9.10. The maximum absolute atomic E-state index is 11.1. The zero-order valence-corrected chi connectivity index (χ0v) is 7.79. The second kappa shape index (κ2) is 2.41. The molecule has 0 aliphatic heterocycles. The van der Waals surface area contributed by atoms with E-state index in [4.69, 9.17) is 0 Å². The van der Waals surface area contributed by atoms with Crippen LogP contribution in [-0.4, -0.2) is 20.0 Å². The molecule has 0 fully saturated rings. The lowest BCUT2D eigenvalue weighted by atomic mass is 10.4. The molecule has 12 heavy (non-hydrogen) atoms. The van der Waals surface area contributed by atoms with Gasteiger partial charge in [-0.25, -0.2) is 5.10 Å². The second-order valence-electron chi connectivity index (χ2n) is 2.38. The molecule has 0 saturated heterocycles. The Labute approximate surface area is 75.5 Å². The number of nitrogens with one attached hydrogen (secondary N) is 1. The number of aromatic amines is 1. The van der Waals surface area contributed by atoms with Crippen molar-refractivity contribution >= 4 is 26.8 Å². The summed E-state index contributed by atoms with van der Waals surface area (Å²) in [6.07, 6.45) is 1.56. The van der Waals surface area contributed by atoms with Gasteiger partial charge in [0.2, 0.25) is 0 Å². The van der Waals surface area contributed by atoms with Crippen LogP contribution in [0.5, 0.6) is 0 Å². The largest absolute Gasteiger partial charge is 0.292 e. The van der Waals surface area contributed by atoms with E-state index >= 15 is 0 Å². The number of fused-ring (bicyclic) bond motifs is 1. The van der Waals surface area contributed by atoms with Gasteiger partial charge in [-0.05, 0) is 15.9 Å². The molecule has 0 bridgehead atoms. The van der Waals surface area contributed by atoms with Gasteiger partial charge in [0.05, 0.1) is 11.6 Å². The number of H-pyrrole nitrogens is 1. The summed E-state index contributed by atoms with van der Waals surface area (Å²) >= 11 is 3.29. The Bertz CT molecular complexity index is 486. The van der Waals surface area contributed by atoms with Crippen LogP contribution in [0.15, 0.2) is 15.6 Å². The van der Waals surface area contributed by atoms with Gasteiger partial charge in [-0.2, -0.15) is 10.2 Å². The van der Waals surface area contributed by atoms with E-state index < -0.39 is 0 Å². The Morgan fingerprint density at radius 3 is 3.08 bits per heavy atom. The minimum absolute atomic E-state index is 0.270. The average Bonchev–Trinajstić information content (AvgIpc) is 2.32. The van der Waals surface area contributed by atoms with E-state index in [0.717, 1.165) is 9.99 Å². The summed E-state index contributed by atoms with van der Waals surface area (Å²) in [6.45, 7) is 0. The molecule has 1 N–H and O–H groups in total. The summed E-state index contributed by atoms with van der Waals surface area (Å²) in [5.74, 6) is 0. The van der Waals surface area contributed by atoms with Gasteiger partial charge in [0.25, 0.3) is 5.56 Å². The van der Waals surface area contributed by atoms with Gasteiger partial charge in [0.15, 0.2) is 5.52 Å². The Morgan fingerprint density at radius 1 is 1.67 bits per heavy atom. The van der Waals surface area contributed by atoms with Crippen LogP contribution in [0.25, 0.3) is 10.9 Å². The molecule has 0 saturated carbocycles. The molecule has 0 aliphatic carbocycles. The number of hydrogen-bond acceptors (Lipinski definition) is 3. The Kier molecular flexibility index (Phi) is 1.50. The minimum atomic E-state index is -0.270. The molecule has 5 nitrogen and oxygen atoms in total. The predicted octanol–water partition coefficient (Wildman–Crippen LogP) is 0.419. The Morgan fingerprint density at radius 2 is 2.42 bits per heavy atom. The first kappa shape index (κ1) is 7.48. The van der Waals surface area contributed by atoms with Gasteiger partial charge in [0, 0.05) is 7.05 Å². The van der Waals surface area contributed by atoms with Crippen molar-refractivity contribution in [2.24, 2.45) is 7.05 Å². The molecule has 0 atom stereocenters. The highest BCUT2D eigenvalue weighted by Gasteiger charge is 2.08. The zero-order valence-electron chi connectivity index (χ0n) is 6.21. The zero-order chi connectivity index (χ0) is 8.72. The van der Waals surface area contributed by atoms with Crippen LogP contribution in [-0.2, 0) is 7.05 Å². The van der Waals surface area contributed by atoms with E-state index in [9.17, 15) is 4.79 Å². The van der Waals surface area contributed by atoms with Crippen LogP contribution in [0.2, 0.25) is 0 Å². The van der Waals surface area contributed by atoms with Gasteiger partial charge < -0.3 is 0 Å². The first-order valence-corrected chi connectivity index (χ1v) is 4.05. The van der Waals surface area contributed by atoms with Crippen molar-refractivity contribution in [1.29, 1.82) is 0 Å². The van der Waals surface area contributed by atoms with Crippen LogP contribution >= 0.6 is 15.9 Å². The summed E-state index contributed by atoms with van der Waals surface area (Å²) in [6, 6.07) is 0. The Balaban J connectivity index is 3.05. The molecule has 0 radical (unpaired) electrons. The summed E-state index contributed by atoms with van der Waals surface area (Å²) in [5.41, 5.74) is 0.133. The fraction of sp³-hybridized carbons (Fsp3) is 0.167. The minimum Gasteiger partial charge on any atom is -0.265 e. The normalized spacial score (nSPS) is 10.8. The number of nitrogens with zero attached hydrogens (tertiary/aromatic N) is 3. The van der Waals surface area contributed by atoms with Gasteiger partial charge in [-0.1, -0.05) is 0 Å². The lowest BCUT2D eigenvalue weighted by molar-refractivity contribution is 0.759. The third kappa shape index (κ3) is 0.878. The van der Waals surface area contributed by atoms with Gasteiger partial charge in [0.1, 0.15) is 4.60 Å². The third-order valence-corrected chi connectivity index (χ3v) is 2.53. The molecule has 0 amide bonds. The first-order valence-electron chi connectivity index (χ1n) is 3.26. The number of halogens is 1. The molecular formula is C6H5BrN4O. The third-order valence-electron chi connectivity index (χ3n) is 1.59. The van der Waals surface area contributed by atoms with E-state index in [1.54, 1.807) is 17.9 Å². The fourth-order valence-corrected chi connectivity index (χ4v) is 1.38. The molecule has 2 heterocycles. The molecule has 0 aromatic carbocycles. The lowest BCUT2D eigenvalue weighted by Gasteiger charge is -1.87. The van der Waals surface area contributed by atoms with Gasteiger partial charge in [-0.15, -0.1) is 0 Å². The highest BCUT2D eigenvalue weighted by Crippen LogP contribution is 2.18. The quantitative estimate of drug-likeness (QED) is 0.711. The van der Waals surface area contributed by atoms with E-state index in [-0.39, 0.29) is 5.56 Å². The maximum atomic E-state index is 11.1. The predicted molar refractivity (Wildman–Crippen MR) is 46.8 cm³/mol. The lowest BCUT2D eigenvalue weighted by Crippen LogP contribution is -2.07. The molecule has 2 aromatic heterocycles. The van der Waals surface area contributed by atoms with E-state index in [1.807, 2.05) is 0 Å². The molecule has 6 heteroatoms. The van der Waals surface area contributed by atoms with Crippen molar-refractivity contribution in [2.75, 3.05) is 0 Å². The fourth-order valence-electron chi connectivity index (χ4n) is 1.01. The van der Waals surface area contributed by atoms with Crippen LogP contribution in [0.1, 0.15) is 0 Å².